The first-order valence-electron chi connectivity index (χ1n) is 9.84. The van der Waals surface area contributed by atoms with Gasteiger partial charge < -0.3 is 10.0 Å². The smallest absolute Gasteiger partial charge is 0.0822 e. The molecule has 0 radical (unpaired) electrons. The van der Waals surface area contributed by atoms with Crippen LogP contribution in [0.4, 0.5) is 0 Å². The van der Waals surface area contributed by atoms with Gasteiger partial charge in [-0.25, -0.2) is 0 Å². The summed E-state index contributed by atoms with van der Waals surface area (Å²) in [5.74, 6) is 0. The van der Waals surface area contributed by atoms with Crippen LogP contribution < -0.4 is 0 Å². The van der Waals surface area contributed by atoms with Crippen molar-refractivity contribution >= 4 is 6.08 Å². The molecule has 1 saturated heterocycles. The molecular weight excluding hydrogens is 334 g/mol. The van der Waals surface area contributed by atoms with E-state index in [1.165, 1.54) is 11.1 Å². The molecule has 2 heterocycles. The van der Waals surface area contributed by atoms with Crippen LogP contribution in [0.2, 0.25) is 0 Å². The number of likely N-dealkylation sites (N-methyl/N-ethyl adjacent to an activating group) is 1. The van der Waals surface area contributed by atoms with Crippen LogP contribution >= 0.6 is 0 Å². The molecule has 1 aliphatic heterocycles. The van der Waals surface area contributed by atoms with E-state index >= 15 is 0 Å². The number of aliphatic hydroxyl groups is 1. The van der Waals surface area contributed by atoms with Crippen LogP contribution in [0.15, 0.2) is 60.3 Å². The van der Waals surface area contributed by atoms with Crippen molar-refractivity contribution in [2.45, 2.75) is 31.9 Å². The van der Waals surface area contributed by atoms with E-state index in [4.69, 9.17) is 0 Å². The van der Waals surface area contributed by atoms with Gasteiger partial charge in [0.1, 0.15) is 0 Å². The number of hydrogen-bond donors (Lipinski definition) is 1. The Hall–Kier alpha value is -2.01. The van der Waals surface area contributed by atoms with Crippen LogP contribution in [-0.2, 0) is 6.42 Å². The van der Waals surface area contributed by atoms with Gasteiger partial charge in [-0.1, -0.05) is 48.0 Å². The Balaban J connectivity index is 1.47. The van der Waals surface area contributed by atoms with Gasteiger partial charge in [0, 0.05) is 50.5 Å². The molecule has 1 fully saturated rings. The molecule has 0 saturated carbocycles. The summed E-state index contributed by atoms with van der Waals surface area (Å²) in [6.07, 6.45) is 5.68. The molecule has 27 heavy (non-hydrogen) atoms. The monoisotopic (exact) mass is 365 g/mol. The van der Waals surface area contributed by atoms with Gasteiger partial charge in [-0.05, 0) is 38.1 Å². The SMILES string of the molecule is CC(=Cc1ccccc1)CN1CC[C@@H](N(C)CCc2ccccn2)[C@H](O)C1. The number of β-amino-alcohol motifs (C(OH)–C–C–N with tert-alkyl or cyclic N) is 1. The van der Waals surface area contributed by atoms with Crippen molar-refractivity contribution in [2.75, 3.05) is 33.2 Å². The summed E-state index contributed by atoms with van der Waals surface area (Å²) >= 11 is 0. The Labute approximate surface area is 163 Å². The molecule has 3 rings (SSSR count). The van der Waals surface area contributed by atoms with Crippen LogP contribution in [0, 0.1) is 0 Å². The molecule has 144 valence electrons. The van der Waals surface area contributed by atoms with Gasteiger partial charge >= 0.3 is 0 Å². The summed E-state index contributed by atoms with van der Waals surface area (Å²) in [5.41, 5.74) is 3.67. The Bertz CT molecular complexity index is 717. The van der Waals surface area contributed by atoms with Crippen molar-refractivity contribution < 1.29 is 5.11 Å². The first-order valence-corrected chi connectivity index (χ1v) is 9.84. The highest BCUT2D eigenvalue weighted by Crippen LogP contribution is 2.18. The molecule has 1 aliphatic rings. The van der Waals surface area contributed by atoms with E-state index in [0.29, 0.717) is 0 Å². The average Bonchev–Trinajstić information content (AvgIpc) is 2.68. The van der Waals surface area contributed by atoms with Crippen LogP contribution in [0.25, 0.3) is 6.08 Å². The van der Waals surface area contributed by atoms with Crippen LogP contribution in [-0.4, -0.2) is 65.3 Å². The summed E-state index contributed by atoms with van der Waals surface area (Å²) in [4.78, 5) is 9.05. The van der Waals surface area contributed by atoms with Crippen LogP contribution in [0.1, 0.15) is 24.6 Å². The second kappa shape index (κ2) is 9.79. The second-order valence-electron chi connectivity index (χ2n) is 7.61. The fourth-order valence-electron chi connectivity index (χ4n) is 3.88. The third-order valence-electron chi connectivity index (χ3n) is 5.33. The number of likely N-dealkylation sites (tertiary alicyclic amines) is 1. The molecule has 1 N–H and O–H groups in total. The maximum absolute atomic E-state index is 10.7. The molecule has 0 spiro atoms. The molecule has 4 heteroatoms. The fraction of sp³-hybridized carbons (Fsp3) is 0.435. The summed E-state index contributed by atoms with van der Waals surface area (Å²) in [6, 6.07) is 16.7. The van der Waals surface area contributed by atoms with Gasteiger partial charge in [-0.3, -0.25) is 9.88 Å². The van der Waals surface area contributed by atoms with E-state index in [1.807, 2.05) is 24.4 Å². The molecule has 0 aliphatic carbocycles. The minimum Gasteiger partial charge on any atom is -0.390 e. The number of benzene rings is 1. The number of aliphatic hydroxyl groups excluding tert-OH is 1. The van der Waals surface area contributed by atoms with Crippen molar-refractivity contribution in [1.82, 2.24) is 14.8 Å². The lowest BCUT2D eigenvalue weighted by molar-refractivity contribution is -0.000703. The van der Waals surface area contributed by atoms with Crippen molar-refractivity contribution in [3.63, 3.8) is 0 Å². The lowest BCUT2D eigenvalue weighted by Gasteiger charge is -2.40. The van der Waals surface area contributed by atoms with Crippen molar-refractivity contribution in [3.8, 4) is 0 Å². The Morgan fingerprint density at radius 1 is 1.22 bits per heavy atom. The Morgan fingerprint density at radius 2 is 2.00 bits per heavy atom. The van der Waals surface area contributed by atoms with E-state index in [0.717, 1.165) is 44.7 Å². The highest BCUT2D eigenvalue weighted by molar-refractivity contribution is 5.52. The molecule has 0 unspecified atom stereocenters. The summed E-state index contributed by atoms with van der Waals surface area (Å²) in [7, 11) is 2.12. The summed E-state index contributed by atoms with van der Waals surface area (Å²) < 4.78 is 0. The van der Waals surface area contributed by atoms with E-state index in [1.54, 1.807) is 0 Å². The maximum Gasteiger partial charge on any atom is 0.0822 e. The number of aromatic nitrogens is 1. The molecule has 1 aromatic heterocycles. The highest BCUT2D eigenvalue weighted by Gasteiger charge is 2.30. The molecule has 0 bridgehead atoms. The molecule has 1 aromatic carbocycles. The number of piperidine rings is 1. The normalized spacial score (nSPS) is 21.6. The lowest BCUT2D eigenvalue weighted by Crippen LogP contribution is -2.53. The molecule has 4 nitrogen and oxygen atoms in total. The predicted molar refractivity (Wildman–Crippen MR) is 112 cm³/mol. The summed E-state index contributed by atoms with van der Waals surface area (Å²) in [5, 5.41) is 10.7. The maximum atomic E-state index is 10.7. The van der Waals surface area contributed by atoms with Crippen LogP contribution in [0.5, 0.6) is 0 Å². The zero-order chi connectivity index (χ0) is 19.1. The van der Waals surface area contributed by atoms with E-state index in [2.05, 4.69) is 65.2 Å². The highest BCUT2D eigenvalue weighted by atomic mass is 16.3. The number of nitrogens with zero attached hydrogens (tertiary/aromatic N) is 3. The standard InChI is InChI=1S/C23H31N3O/c1-19(16-20-8-4-3-5-9-20)17-26-15-12-22(23(27)18-26)25(2)14-11-21-10-6-7-13-24-21/h3-10,13,16,22-23,27H,11-12,14-15,17-18H2,1-2H3/t22-,23-/m1/s1. The molecule has 0 amide bonds. The predicted octanol–water partition coefficient (Wildman–Crippen LogP) is 3.09. The van der Waals surface area contributed by atoms with Crippen molar-refractivity contribution in [3.05, 3.63) is 71.6 Å². The van der Waals surface area contributed by atoms with Crippen molar-refractivity contribution in [1.29, 1.82) is 0 Å². The number of rotatable bonds is 7. The minimum atomic E-state index is -0.308. The van der Waals surface area contributed by atoms with Gasteiger partial charge in [0.2, 0.25) is 0 Å². The molecule has 2 atom stereocenters. The average molecular weight is 366 g/mol. The lowest BCUT2D eigenvalue weighted by atomic mass is 9.99. The van der Waals surface area contributed by atoms with Crippen molar-refractivity contribution in [2.24, 2.45) is 0 Å². The summed E-state index contributed by atoms with van der Waals surface area (Å²) in [6.45, 7) is 5.76. The van der Waals surface area contributed by atoms with E-state index < -0.39 is 0 Å². The fourth-order valence-corrected chi connectivity index (χ4v) is 3.88. The first kappa shape index (κ1) is 19.7. The van der Waals surface area contributed by atoms with Gasteiger partial charge in [-0.2, -0.15) is 0 Å². The first-order chi connectivity index (χ1) is 13.1. The zero-order valence-corrected chi connectivity index (χ0v) is 16.5. The Kier molecular flexibility index (Phi) is 7.16. The van der Waals surface area contributed by atoms with Gasteiger partial charge in [0.05, 0.1) is 6.10 Å². The third-order valence-corrected chi connectivity index (χ3v) is 5.33. The van der Waals surface area contributed by atoms with Gasteiger partial charge in [0.25, 0.3) is 0 Å². The zero-order valence-electron chi connectivity index (χ0n) is 16.5. The van der Waals surface area contributed by atoms with Gasteiger partial charge in [0.15, 0.2) is 0 Å². The third kappa shape index (κ3) is 5.99. The van der Waals surface area contributed by atoms with Gasteiger partial charge in [-0.15, -0.1) is 0 Å². The second-order valence-corrected chi connectivity index (χ2v) is 7.61. The number of pyridine rings is 1. The van der Waals surface area contributed by atoms with E-state index in [-0.39, 0.29) is 12.1 Å². The molecule has 2 aromatic rings. The largest absolute Gasteiger partial charge is 0.390 e. The van der Waals surface area contributed by atoms with E-state index in [9.17, 15) is 5.11 Å². The number of hydrogen-bond acceptors (Lipinski definition) is 4. The topological polar surface area (TPSA) is 39.6 Å². The Morgan fingerprint density at radius 3 is 2.70 bits per heavy atom. The van der Waals surface area contributed by atoms with Crippen LogP contribution in [0.3, 0.4) is 0 Å². The quantitative estimate of drug-likeness (QED) is 0.818. The minimum absolute atomic E-state index is 0.225. The molecular formula is C23H31N3O.